The Balaban J connectivity index is 2.15. The zero-order valence-electron chi connectivity index (χ0n) is 8.38. The van der Waals surface area contributed by atoms with E-state index in [0.29, 0.717) is 12.1 Å². The Kier molecular flexibility index (Phi) is 1.77. The smallest absolute Gasteiger partial charge is 0.333 e. The molecule has 80 valence electrons. The van der Waals surface area contributed by atoms with Crippen molar-refractivity contribution in [1.29, 1.82) is 0 Å². The third kappa shape index (κ3) is 1.20. The van der Waals surface area contributed by atoms with Crippen LogP contribution in [-0.4, -0.2) is 22.5 Å². The molecule has 4 nitrogen and oxygen atoms in total. The predicted octanol–water partition coefficient (Wildman–Crippen LogP) is 1.52. The number of ether oxygens (including phenoxy) is 1. The van der Waals surface area contributed by atoms with Crippen LogP contribution in [0.2, 0.25) is 0 Å². The topological polar surface area (TPSA) is 49.8 Å². The fourth-order valence-electron chi connectivity index (χ4n) is 1.99. The SMILES string of the molecule is O=C(O)C1=CC2=C3C(=CC=CN3C1)OC=C2. The average molecular weight is 215 g/mol. The second kappa shape index (κ2) is 3.13. The number of carbonyl (C=O) groups is 1. The van der Waals surface area contributed by atoms with Crippen LogP contribution < -0.4 is 0 Å². The molecule has 0 amide bonds. The molecule has 3 aliphatic heterocycles. The molecule has 0 aromatic rings. The molecule has 16 heavy (non-hydrogen) atoms. The predicted molar refractivity (Wildman–Crippen MR) is 56.9 cm³/mol. The van der Waals surface area contributed by atoms with Crippen LogP contribution in [0.3, 0.4) is 0 Å². The molecule has 0 bridgehead atoms. The van der Waals surface area contributed by atoms with Crippen LogP contribution >= 0.6 is 0 Å². The van der Waals surface area contributed by atoms with Gasteiger partial charge in [-0.15, -0.1) is 0 Å². The van der Waals surface area contributed by atoms with Crippen molar-refractivity contribution in [2.45, 2.75) is 0 Å². The number of rotatable bonds is 1. The van der Waals surface area contributed by atoms with Crippen molar-refractivity contribution in [1.82, 2.24) is 4.90 Å². The summed E-state index contributed by atoms with van der Waals surface area (Å²) >= 11 is 0. The number of allylic oxidation sites excluding steroid dienone is 5. The first-order chi connectivity index (χ1) is 7.75. The third-order valence-electron chi connectivity index (χ3n) is 2.70. The Hall–Kier alpha value is -2.23. The number of aliphatic carboxylic acids is 1. The molecule has 0 atom stereocenters. The van der Waals surface area contributed by atoms with Gasteiger partial charge in [-0.1, -0.05) is 0 Å². The Morgan fingerprint density at radius 3 is 3.19 bits per heavy atom. The molecule has 0 radical (unpaired) electrons. The van der Waals surface area contributed by atoms with Crippen LogP contribution in [0.1, 0.15) is 0 Å². The molecular formula is C12H9NO3. The highest BCUT2D eigenvalue weighted by Crippen LogP contribution is 2.33. The lowest BCUT2D eigenvalue weighted by atomic mass is 9.99. The summed E-state index contributed by atoms with van der Waals surface area (Å²) < 4.78 is 5.37. The molecule has 0 aliphatic carbocycles. The van der Waals surface area contributed by atoms with Crippen molar-refractivity contribution in [3.63, 3.8) is 0 Å². The maximum Gasteiger partial charge on any atom is 0.333 e. The summed E-state index contributed by atoms with van der Waals surface area (Å²) in [6.45, 7) is 0.374. The minimum Gasteiger partial charge on any atom is -0.478 e. The number of carboxylic acids is 1. The fourth-order valence-corrected chi connectivity index (χ4v) is 1.99. The summed E-state index contributed by atoms with van der Waals surface area (Å²) in [6, 6.07) is 0. The minimum atomic E-state index is -0.879. The van der Waals surface area contributed by atoms with Gasteiger partial charge in [0.1, 0.15) is 0 Å². The summed E-state index contributed by atoms with van der Waals surface area (Å²) in [5, 5.41) is 9.01. The van der Waals surface area contributed by atoms with Crippen molar-refractivity contribution >= 4 is 5.97 Å². The fraction of sp³-hybridized carbons (Fsp3) is 0.0833. The summed E-state index contributed by atoms with van der Waals surface area (Å²) in [7, 11) is 0. The summed E-state index contributed by atoms with van der Waals surface area (Å²) in [4.78, 5) is 12.9. The molecular weight excluding hydrogens is 206 g/mol. The highest BCUT2D eigenvalue weighted by Gasteiger charge is 2.27. The van der Waals surface area contributed by atoms with Crippen LogP contribution in [0.15, 0.2) is 59.4 Å². The first kappa shape index (κ1) is 9.03. The van der Waals surface area contributed by atoms with Gasteiger partial charge in [0.2, 0.25) is 0 Å². The Bertz CT molecular complexity index is 520. The zero-order valence-corrected chi connectivity index (χ0v) is 8.38. The molecule has 0 unspecified atom stereocenters. The van der Waals surface area contributed by atoms with Gasteiger partial charge in [-0.3, -0.25) is 0 Å². The second-order valence-corrected chi connectivity index (χ2v) is 3.70. The van der Waals surface area contributed by atoms with E-state index < -0.39 is 5.97 Å². The number of hydrogen-bond donors (Lipinski definition) is 1. The van der Waals surface area contributed by atoms with Gasteiger partial charge in [0.15, 0.2) is 5.76 Å². The van der Waals surface area contributed by atoms with Gasteiger partial charge >= 0.3 is 5.97 Å². The molecule has 4 heteroatoms. The lowest BCUT2D eigenvalue weighted by Gasteiger charge is -2.33. The normalized spacial score (nSPS) is 21.1. The van der Waals surface area contributed by atoms with E-state index in [1.165, 1.54) is 0 Å². The van der Waals surface area contributed by atoms with E-state index in [1.54, 1.807) is 18.4 Å². The largest absolute Gasteiger partial charge is 0.478 e. The molecule has 3 aliphatic rings. The molecule has 0 aromatic heterocycles. The summed E-state index contributed by atoms with van der Waals surface area (Å²) in [5.41, 5.74) is 2.21. The van der Waals surface area contributed by atoms with Crippen molar-refractivity contribution in [2.24, 2.45) is 0 Å². The quantitative estimate of drug-likeness (QED) is 0.720. The Morgan fingerprint density at radius 1 is 1.50 bits per heavy atom. The van der Waals surface area contributed by atoms with Crippen LogP contribution in [-0.2, 0) is 9.53 Å². The monoisotopic (exact) mass is 215 g/mol. The first-order valence-electron chi connectivity index (χ1n) is 4.92. The molecule has 0 fully saturated rings. The maximum absolute atomic E-state index is 11.0. The Labute approximate surface area is 92.1 Å². The van der Waals surface area contributed by atoms with Crippen LogP contribution in [0.5, 0.6) is 0 Å². The molecule has 0 aromatic carbocycles. The zero-order chi connectivity index (χ0) is 11.1. The van der Waals surface area contributed by atoms with E-state index >= 15 is 0 Å². The summed E-state index contributed by atoms with van der Waals surface area (Å²) in [5.74, 6) is -0.114. The van der Waals surface area contributed by atoms with Crippen molar-refractivity contribution in [2.75, 3.05) is 6.54 Å². The highest BCUT2D eigenvalue weighted by atomic mass is 16.5. The number of hydrogen-bond acceptors (Lipinski definition) is 3. The van der Waals surface area contributed by atoms with E-state index in [4.69, 9.17) is 9.84 Å². The lowest BCUT2D eigenvalue weighted by Crippen LogP contribution is -2.30. The molecule has 3 heterocycles. The van der Waals surface area contributed by atoms with Gasteiger partial charge in [-0.2, -0.15) is 0 Å². The van der Waals surface area contributed by atoms with Gasteiger partial charge < -0.3 is 14.7 Å². The molecule has 3 rings (SSSR count). The lowest BCUT2D eigenvalue weighted by molar-refractivity contribution is -0.132. The van der Waals surface area contributed by atoms with Gasteiger partial charge in [0, 0.05) is 11.8 Å². The first-order valence-corrected chi connectivity index (χ1v) is 4.92. The van der Waals surface area contributed by atoms with Gasteiger partial charge in [-0.05, 0) is 24.3 Å². The number of carboxylic acid groups (broad SMARTS) is 1. The van der Waals surface area contributed by atoms with E-state index in [1.807, 2.05) is 23.3 Å². The van der Waals surface area contributed by atoms with Crippen LogP contribution in [0, 0.1) is 0 Å². The van der Waals surface area contributed by atoms with Crippen LogP contribution in [0.4, 0.5) is 0 Å². The molecule has 0 spiro atoms. The molecule has 0 saturated carbocycles. The van der Waals surface area contributed by atoms with Crippen molar-refractivity contribution < 1.29 is 14.6 Å². The summed E-state index contributed by atoms with van der Waals surface area (Å²) in [6.07, 6.45) is 10.6. The maximum atomic E-state index is 11.0. The van der Waals surface area contributed by atoms with E-state index in [2.05, 4.69) is 0 Å². The van der Waals surface area contributed by atoms with Crippen molar-refractivity contribution in [3.8, 4) is 0 Å². The second-order valence-electron chi connectivity index (χ2n) is 3.70. The van der Waals surface area contributed by atoms with E-state index in [-0.39, 0.29) is 0 Å². The van der Waals surface area contributed by atoms with Crippen molar-refractivity contribution in [3.05, 3.63) is 59.4 Å². The van der Waals surface area contributed by atoms with Crippen LogP contribution in [0.25, 0.3) is 0 Å². The van der Waals surface area contributed by atoms with Gasteiger partial charge in [0.05, 0.1) is 24.1 Å². The van der Waals surface area contributed by atoms with E-state index in [0.717, 1.165) is 17.0 Å². The minimum absolute atomic E-state index is 0.374. The van der Waals surface area contributed by atoms with E-state index in [9.17, 15) is 4.79 Å². The Morgan fingerprint density at radius 2 is 2.38 bits per heavy atom. The van der Waals surface area contributed by atoms with Gasteiger partial charge in [0.25, 0.3) is 0 Å². The average Bonchev–Trinajstić information content (AvgIpc) is 2.29. The van der Waals surface area contributed by atoms with Gasteiger partial charge in [-0.25, -0.2) is 4.79 Å². The third-order valence-corrected chi connectivity index (χ3v) is 2.70. The highest BCUT2D eigenvalue weighted by molar-refractivity contribution is 5.88. The molecule has 1 N–H and O–H groups in total. The molecule has 0 saturated heterocycles. The standard InChI is InChI=1S/C12H9NO3/c14-12(15)9-6-8-3-5-16-10-2-1-4-13(7-9)11(8)10/h1-6H,7H2,(H,14,15). The number of nitrogens with zero attached hydrogens (tertiary/aromatic N) is 1.